The highest BCUT2D eigenvalue weighted by atomic mass is 32.3. The van der Waals surface area contributed by atoms with Crippen molar-refractivity contribution >= 4 is 9.63 Å². The lowest BCUT2D eigenvalue weighted by molar-refractivity contribution is -0.248. The largest absolute Gasteiger partial charge is 0.469 e. The molecule has 0 atom stereocenters. The van der Waals surface area contributed by atoms with Crippen molar-refractivity contribution in [2.24, 2.45) is 0 Å². The average molecular weight is 278 g/mol. The van der Waals surface area contributed by atoms with Gasteiger partial charge in [0.15, 0.2) is 9.63 Å². The Labute approximate surface area is 92.3 Å². The highest BCUT2D eigenvalue weighted by Crippen LogP contribution is 2.52. The molecule has 0 aromatic heterocycles. The SMILES string of the molecule is O=S(O)(O)(c1ccccc1)C(F)(F)C(F)(F)F. The lowest BCUT2D eigenvalue weighted by atomic mass is 10.4. The van der Waals surface area contributed by atoms with Crippen molar-refractivity contribution in [3.63, 3.8) is 0 Å². The molecule has 1 aromatic rings. The normalized spacial score (nSPS) is 16.3. The molecule has 17 heavy (non-hydrogen) atoms. The smallest absolute Gasteiger partial charge is 0.300 e. The van der Waals surface area contributed by atoms with Gasteiger partial charge in [0.2, 0.25) is 0 Å². The summed E-state index contributed by atoms with van der Waals surface area (Å²) in [6.45, 7) is 0. The predicted octanol–water partition coefficient (Wildman–Crippen LogP) is 2.97. The fourth-order valence-corrected chi connectivity index (χ4v) is 2.38. The third kappa shape index (κ3) is 1.94. The van der Waals surface area contributed by atoms with E-state index in [4.69, 9.17) is 9.11 Å². The second-order valence-electron chi connectivity index (χ2n) is 3.19. The molecule has 0 fully saturated rings. The van der Waals surface area contributed by atoms with Gasteiger partial charge in [-0.3, -0.25) is 9.11 Å². The molecule has 0 bridgehead atoms. The van der Waals surface area contributed by atoms with Crippen LogP contribution in [0.2, 0.25) is 0 Å². The summed E-state index contributed by atoms with van der Waals surface area (Å²) in [6.07, 6.45) is -6.35. The molecule has 2 N–H and O–H groups in total. The summed E-state index contributed by atoms with van der Waals surface area (Å²) in [6, 6.07) is 4.13. The van der Waals surface area contributed by atoms with E-state index in [0.29, 0.717) is 12.1 Å². The Balaban J connectivity index is 3.51. The molecule has 1 aromatic carbocycles. The Kier molecular flexibility index (Phi) is 2.86. The molecule has 0 amide bonds. The first kappa shape index (κ1) is 14.0. The summed E-state index contributed by atoms with van der Waals surface area (Å²) < 4.78 is 91.0. The van der Waals surface area contributed by atoms with Crippen LogP contribution in [0.5, 0.6) is 0 Å². The summed E-state index contributed by atoms with van der Waals surface area (Å²) in [5, 5.41) is -6.16. The molecule has 0 saturated heterocycles. The highest BCUT2D eigenvalue weighted by Gasteiger charge is 2.74. The zero-order valence-corrected chi connectivity index (χ0v) is 8.80. The predicted molar refractivity (Wildman–Crippen MR) is 49.1 cm³/mol. The van der Waals surface area contributed by atoms with Gasteiger partial charge < -0.3 is 0 Å². The Morgan fingerprint density at radius 3 is 1.71 bits per heavy atom. The van der Waals surface area contributed by atoms with Gasteiger partial charge in [-0.2, -0.15) is 22.0 Å². The van der Waals surface area contributed by atoms with Crippen LogP contribution in [-0.2, 0) is 9.63 Å². The van der Waals surface area contributed by atoms with E-state index in [2.05, 4.69) is 0 Å². The first-order valence-corrected chi connectivity index (χ1v) is 5.93. The van der Waals surface area contributed by atoms with Crippen LogP contribution in [0.3, 0.4) is 0 Å². The third-order valence-corrected chi connectivity index (χ3v) is 4.24. The standard InChI is InChI=1S/C8H7F5O3S/c9-7(10,11)8(12,13)17(14,15,16)6-4-2-1-3-5-6/h1-5H,(H2,14,15,16). The molecule has 0 saturated carbocycles. The van der Waals surface area contributed by atoms with E-state index in [9.17, 15) is 26.2 Å². The zero-order valence-electron chi connectivity index (χ0n) is 7.99. The van der Waals surface area contributed by atoms with Crippen molar-refractivity contribution in [3.05, 3.63) is 30.3 Å². The Hall–Kier alpha value is -1.06. The molecular formula is C8H7F5O3S. The summed E-state index contributed by atoms with van der Waals surface area (Å²) >= 11 is 0. The van der Waals surface area contributed by atoms with Gasteiger partial charge in [0, 0.05) is 0 Å². The number of alkyl halides is 5. The fraction of sp³-hybridized carbons (Fsp3) is 0.250. The molecule has 0 aliphatic carbocycles. The van der Waals surface area contributed by atoms with E-state index in [-0.39, 0.29) is 0 Å². The van der Waals surface area contributed by atoms with Crippen LogP contribution in [0.25, 0.3) is 0 Å². The molecule has 1 rings (SSSR count). The van der Waals surface area contributed by atoms with E-state index in [0.717, 1.165) is 12.1 Å². The number of hydrogen-bond acceptors (Lipinski definition) is 1. The Morgan fingerprint density at radius 1 is 0.941 bits per heavy atom. The Bertz CT molecular complexity index is 476. The minimum atomic E-state index is -7.35. The molecule has 0 aliphatic heterocycles. The molecule has 0 heterocycles. The molecular weight excluding hydrogens is 271 g/mol. The number of rotatable bonds is 2. The lowest BCUT2D eigenvalue weighted by Gasteiger charge is -2.38. The highest BCUT2D eigenvalue weighted by molar-refractivity contribution is 8.11. The average Bonchev–Trinajstić information content (AvgIpc) is 2.16. The van der Waals surface area contributed by atoms with Crippen LogP contribution >= 0.6 is 0 Å². The van der Waals surface area contributed by atoms with Crippen molar-refractivity contribution < 1.29 is 35.3 Å². The van der Waals surface area contributed by atoms with Crippen LogP contribution in [-0.4, -0.2) is 24.7 Å². The number of hydrogen-bond donors (Lipinski definition) is 2. The summed E-state index contributed by atoms with van der Waals surface area (Å²) in [5.74, 6) is 0. The van der Waals surface area contributed by atoms with E-state index >= 15 is 0 Å². The van der Waals surface area contributed by atoms with E-state index in [1.54, 1.807) is 0 Å². The third-order valence-electron chi connectivity index (χ3n) is 1.96. The van der Waals surface area contributed by atoms with Gasteiger partial charge in [-0.1, -0.05) is 18.2 Å². The first-order valence-electron chi connectivity index (χ1n) is 4.05. The first-order chi connectivity index (χ1) is 7.39. The maximum Gasteiger partial charge on any atom is 0.469 e. The summed E-state index contributed by atoms with van der Waals surface area (Å²) in [7, 11) is -7.35. The van der Waals surface area contributed by atoms with Crippen LogP contribution in [0, 0.1) is 0 Å². The zero-order chi connectivity index (χ0) is 13.6. The lowest BCUT2D eigenvalue weighted by Crippen LogP contribution is -2.57. The second-order valence-corrected chi connectivity index (χ2v) is 5.91. The van der Waals surface area contributed by atoms with Gasteiger partial charge in [0.1, 0.15) is 0 Å². The van der Waals surface area contributed by atoms with Crippen LogP contribution in [0.4, 0.5) is 22.0 Å². The minimum absolute atomic E-state index is 0.508. The topological polar surface area (TPSA) is 57.5 Å². The minimum Gasteiger partial charge on any atom is -0.300 e. The van der Waals surface area contributed by atoms with Gasteiger partial charge in [-0.15, -0.1) is 0 Å². The van der Waals surface area contributed by atoms with Gasteiger partial charge in [-0.25, -0.2) is 4.21 Å². The molecule has 98 valence electrons. The van der Waals surface area contributed by atoms with Crippen molar-refractivity contribution in [1.29, 1.82) is 0 Å². The molecule has 0 spiro atoms. The van der Waals surface area contributed by atoms with Crippen molar-refractivity contribution in [2.75, 3.05) is 0 Å². The second kappa shape index (κ2) is 3.47. The molecule has 9 heteroatoms. The van der Waals surface area contributed by atoms with Gasteiger partial charge in [-0.05, 0) is 12.1 Å². The van der Waals surface area contributed by atoms with Crippen LogP contribution in [0.15, 0.2) is 35.2 Å². The van der Waals surface area contributed by atoms with Gasteiger partial charge >= 0.3 is 11.4 Å². The Morgan fingerprint density at radius 2 is 1.35 bits per heavy atom. The van der Waals surface area contributed by atoms with E-state index < -0.39 is 26.0 Å². The molecule has 0 radical (unpaired) electrons. The number of benzene rings is 1. The maximum absolute atomic E-state index is 12.9. The van der Waals surface area contributed by atoms with Gasteiger partial charge in [0.25, 0.3) is 0 Å². The van der Waals surface area contributed by atoms with Crippen molar-refractivity contribution in [1.82, 2.24) is 0 Å². The monoisotopic (exact) mass is 278 g/mol. The summed E-state index contributed by atoms with van der Waals surface area (Å²) in [5.41, 5.74) is 0. The molecule has 3 nitrogen and oxygen atoms in total. The summed E-state index contributed by atoms with van der Waals surface area (Å²) in [4.78, 5) is -1.40. The fourth-order valence-electron chi connectivity index (χ4n) is 1.02. The van der Waals surface area contributed by atoms with Gasteiger partial charge in [0.05, 0.1) is 4.90 Å². The van der Waals surface area contributed by atoms with Crippen LogP contribution in [0.1, 0.15) is 0 Å². The van der Waals surface area contributed by atoms with E-state index in [1.807, 2.05) is 0 Å². The maximum atomic E-state index is 12.9. The van der Waals surface area contributed by atoms with Crippen LogP contribution < -0.4 is 0 Å². The molecule has 0 aliphatic rings. The quantitative estimate of drug-likeness (QED) is 0.818. The van der Waals surface area contributed by atoms with Crippen molar-refractivity contribution in [3.8, 4) is 0 Å². The van der Waals surface area contributed by atoms with E-state index in [1.165, 1.54) is 6.07 Å². The molecule has 0 unspecified atom stereocenters. The number of halogens is 5. The van der Waals surface area contributed by atoms with Crippen molar-refractivity contribution in [2.45, 2.75) is 16.3 Å².